The molecular formula is C17H18ClFN2O3. The minimum atomic E-state index is -0.830. The van der Waals surface area contributed by atoms with E-state index < -0.39 is 17.8 Å². The van der Waals surface area contributed by atoms with Crippen molar-refractivity contribution in [2.24, 2.45) is 5.92 Å². The molecule has 7 heteroatoms. The predicted molar refractivity (Wildman–Crippen MR) is 88.1 cm³/mol. The zero-order chi connectivity index (χ0) is 17.7. The van der Waals surface area contributed by atoms with Crippen LogP contribution in [0.5, 0.6) is 0 Å². The molecule has 5 nitrogen and oxygen atoms in total. The summed E-state index contributed by atoms with van der Waals surface area (Å²) in [4.78, 5) is 24.6. The standard InChI is InChI=1S/C17H18ClFN2O3/c1-10(2)15(17(23)20-9-11-5-4-8-24-11)21-16(22)14-12(18)6-3-7-13(14)19/h3-8,10,15H,9H2,1-2H3,(H,20,23)(H,21,22)/t15-/m0/s1. The first-order valence-electron chi connectivity index (χ1n) is 7.45. The van der Waals surface area contributed by atoms with Crippen LogP contribution in [0, 0.1) is 11.7 Å². The quantitative estimate of drug-likeness (QED) is 0.839. The van der Waals surface area contributed by atoms with Crippen molar-refractivity contribution in [3.63, 3.8) is 0 Å². The summed E-state index contributed by atoms with van der Waals surface area (Å²) in [5, 5.41) is 5.21. The van der Waals surface area contributed by atoms with Gasteiger partial charge in [0.05, 0.1) is 23.4 Å². The molecule has 0 bridgehead atoms. The third-order valence-electron chi connectivity index (χ3n) is 3.44. The Hall–Kier alpha value is -2.34. The van der Waals surface area contributed by atoms with Crippen molar-refractivity contribution in [3.8, 4) is 0 Å². The summed E-state index contributed by atoms with van der Waals surface area (Å²) < 4.78 is 19.0. The topological polar surface area (TPSA) is 71.3 Å². The minimum Gasteiger partial charge on any atom is -0.467 e. The lowest BCUT2D eigenvalue weighted by atomic mass is 10.0. The van der Waals surface area contributed by atoms with Crippen molar-refractivity contribution in [3.05, 3.63) is 58.8 Å². The van der Waals surface area contributed by atoms with Crippen LogP contribution in [0.25, 0.3) is 0 Å². The van der Waals surface area contributed by atoms with Gasteiger partial charge >= 0.3 is 0 Å². The largest absolute Gasteiger partial charge is 0.467 e. The predicted octanol–water partition coefficient (Wildman–Crippen LogP) is 3.14. The highest BCUT2D eigenvalue weighted by atomic mass is 35.5. The molecule has 1 atom stereocenters. The van der Waals surface area contributed by atoms with Crippen LogP contribution in [0.15, 0.2) is 41.0 Å². The summed E-state index contributed by atoms with van der Waals surface area (Å²) in [5.74, 6) is -1.46. The van der Waals surface area contributed by atoms with Gasteiger partial charge in [0.2, 0.25) is 5.91 Å². The zero-order valence-electron chi connectivity index (χ0n) is 13.3. The maximum Gasteiger partial charge on any atom is 0.256 e. The summed E-state index contributed by atoms with van der Waals surface area (Å²) in [5.41, 5.74) is -0.274. The van der Waals surface area contributed by atoms with Crippen molar-refractivity contribution in [2.45, 2.75) is 26.4 Å². The normalized spacial score (nSPS) is 12.0. The molecule has 0 fully saturated rings. The summed E-state index contributed by atoms with van der Waals surface area (Å²) in [6.07, 6.45) is 1.50. The van der Waals surface area contributed by atoms with Crippen molar-refractivity contribution in [1.82, 2.24) is 10.6 Å². The Balaban J connectivity index is 2.07. The van der Waals surface area contributed by atoms with Crippen molar-refractivity contribution >= 4 is 23.4 Å². The molecule has 0 spiro atoms. The third-order valence-corrected chi connectivity index (χ3v) is 3.76. The van der Waals surface area contributed by atoms with Gasteiger partial charge in [-0.2, -0.15) is 0 Å². The average molecular weight is 353 g/mol. The highest BCUT2D eigenvalue weighted by molar-refractivity contribution is 6.33. The molecule has 2 amide bonds. The number of nitrogens with one attached hydrogen (secondary N) is 2. The summed E-state index contributed by atoms with van der Waals surface area (Å²) in [7, 11) is 0. The van der Waals surface area contributed by atoms with E-state index in [2.05, 4.69) is 10.6 Å². The van der Waals surface area contributed by atoms with Crippen molar-refractivity contribution in [1.29, 1.82) is 0 Å². The number of hydrogen-bond acceptors (Lipinski definition) is 3. The van der Waals surface area contributed by atoms with Crippen LogP contribution in [0.3, 0.4) is 0 Å². The van der Waals surface area contributed by atoms with Gasteiger partial charge in [0.1, 0.15) is 17.6 Å². The second kappa shape index (κ2) is 7.97. The van der Waals surface area contributed by atoms with Gasteiger partial charge in [0, 0.05) is 0 Å². The molecule has 0 radical (unpaired) electrons. The smallest absolute Gasteiger partial charge is 0.256 e. The molecule has 0 aliphatic carbocycles. The minimum absolute atomic E-state index is 0.00833. The van der Waals surface area contributed by atoms with E-state index in [0.29, 0.717) is 5.76 Å². The van der Waals surface area contributed by atoms with E-state index >= 15 is 0 Å². The van der Waals surface area contributed by atoms with E-state index in [0.717, 1.165) is 6.07 Å². The molecule has 2 N–H and O–H groups in total. The van der Waals surface area contributed by atoms with Gasteiger partial charge in [0.15, 0.2) is 0 Å². The number of amides is 2. The first kappa shape index (κ1) is 18.0. The third kappa shape index (κ3) is 4.35. The fraction of sp³-hybridized carbons (Fsp3) is 0.294. The molecule has 128 valence electrons. The first-order valence-corrected chi connectivity index (χ1v) is 7.83. The molecule has 24 heavy (non-hydrogen) atoms. The first-order chi connectivity index (χ1) is 11.4. The van der Waals surface area contributed by atoms with Gasteiger partial charge in [-0.15, -0.1) is 0 Å². The molecule has 1 aromatic carbocycles. The van der Waals surface area contributed by atoms with Gasteiger partial charge in [-0.1, -0.05) is 31.5 Å². The van der Waals surface area contributed by atoms with Gasteiger partial charge in [0.25, 0.3) is 5.91 Å². The van der Waals surface area contributed by atoms with Crippen molar-refractivity contribution in [2.75, 3.05) is 0 Å². The zero-order valence-corrected chi connectivity index (χ0v) is 14.1. The maximum atomic E-state index is 13.8. The SMILES string of the molecule is CC(C)[C@H](NC(=O)c1c(F)cccc1Cl)C(=O)NCc1ccco1. The highest BCUT2D eigenvalue weighted by Crippen LogP contribution is 2.19. The molecule has 0 aliphatic rings. The number of benzene rings is 1. The number of hydrogen-bond donors (Lipinski definition) is 2. The van der Waals surface area contributed by atoms with Crippen molar-refractivity contribution < 1.29 is 18.4 Å². The van der Waals surface area contributed by atoms with E-state index in [-0.39, 0.29) is 29.0 Å². The van der Waals surface area contributed by atoms with Crippen LogP contribution in [0.1, 0.15) is 30.0 Å². The Labute approximate surface area is 144 Å². The van der Waals surface area contributed by atoms with E-state index in [9.17, 15) is 14.0 Å². The second-order valence-corrected chi connectivity index (χ2v) is 6.00. The van der Waals surface area contributed by atoms with E-state index in [4.69, 9.17) is 16.0 Å². The number of carbonyl (C=O) groups is 2. The van der Waals surface area contributed by atoms with Crippen LogP contribution in [0.4, 0.5) is 4.39 Å². The Morgan fingerprint density at radius 2 is 2.00 bits per heavy atom. The Morgan fingerprint density at radius 1 is 1.25 bits per heavy atom. The lowest BCUT2D eigenvalue weighted by Gasteiger charge is -2.22. The van der Waals surface area contributed by atoms with Crippen LogP contribution in [-0.2, 0) is 11.3 Å². The Bertz CT molecular complexity index is 696. The van der Waals surface area contributed by atoms with Crippen LogP contribution in [-0.4, -0.2) is 17.9 Å². The average Bonchev–Trinajstić information content (AvgIpc) is 3.03. The van der Waals surface area contributed by atoms with Crippen LogP contribution < -0.4 is 10.6 Å². The molecule has 0 unspecified atom stereocenters. The summed E-state index contributed by atoms with van der Waals surface area (Å²) >= 11 is 5.88. The number of furan rings is 1. The number of halogens is 2. The van der Waals surface area contributed by atoms with Crippen LogP contribution >= 0.6 is 11.6 Å². The summed E-state index contributed by atoms with van der Waals surface area (Å²) in [6.45, 7) is 3.76. The molecule has 1 heterocycles. The lowest BCUT2D eigenvalue weighted by Crippen LogP contribution is -2.49. The monoisotopic (exact) mass is 352 g/mol. The number of rotatable bonds is 6. The second-order valence-electron chi connectivity index (χ2n) is 5.59. The molecule has 1 aromatic heterocycles. The maximum absolute atomic E-state index is 13.8. The van der Waals surface area contributed by atoms with Gasteiger partial charge < -0.3 is 15.1 Å². The Kier molecular flexibility index (Phi) is 5.98. The molecule has 2 rings (SSSR count). The summed E-state index contributed by atoms with van der Waals surface area (Å²) in [6, 6.07) is 6.57. The van der Waals surface area contributed by atoms with E-state index in [1.807, 2.05) is 0 Å². The van der Waals surface area contributed by atoms with Gasteiger partial charge in [-0.05, 0) is 30.2 Å². The molecule has 0 saturated carbocycles. The van der Waals surface area contributed by atoms with Crippen LogP contribution in [0.2, 0.25) is 5.02 Å². The van der Waals surface area contributed by atoms with E-state index in [1.54, 1.807) is 26.0 Å². The molecule has 0 saturated heterocycles. The highest BCUT2D eigenvalue weighted by Gasteiger charge is 2.26. The van der Waals surface area contributed by atoms with Gasteiger partial charge in [-0.3, -0.25) is 9.59 Å². The fourth-order valence-corrected chi connectivity index (χ4v) is 2.41. The Morgan fingerprint density at radius 3 is 2.58 bits per heavy atom. The lowest BCUT2D eigenvalue weighted by molar-refractivity contribution is -0.124. The van der Waals surface area contributed by atoms with E-state index in [1.165, 1.54) is 18.4 Å². The fourth-order valence-electron chi connectivity index (χ4n) is 2.16. The number of carbonyl (C=O) groups excluding carboxylic acids is 2. The van der Waals surface area contributed by atoms with Gasteiger partial charge in [-0.25, -0.2) is 4.39 Å². The molecule has 0 aliphatic heterocycles. The molecule has 2 aromatic rings. The molecular weight excluding hydrogens is 335 g/mol.